The second-order valence-electron chi connectivity index (χ2n) is 6.58. The second-order valence-corrected chi connectivity index (χ2v) is 6.58. The Morgan fingerprint density at radius 2 is 1.83 bits per heavy atom. The number of aryl methyl sites for hydroxylation is 1. The fourth-order valence-electron chi connectivity index (χ4n) is 2.83. The van der Waals surface area contributed by atoms with Crippen LogP contribution in [0.5, 0.6) is 5.75 Å². The number of carbonyl (C=O) groups is 3. The molecule has 1 aromatic heterocycles. The molecule has 2 amide bonds. The van der Waals surface area contributed by atoms with E-state index in [-0.39, 0.29) is 11.6 Å². The quantitative estimate of drug-likeness (QED) is 0.461. The maximum atomic E-state index is 12.5. The smallest absolute Gasteiger partial charge is 0.313 e. The van der Waals surface area contributed by atoms with Crippen molar-refractivity contribution in [2.75, 3.05) is 19.0 Å². The maximum Gasteiger partial charge on any atom is 0.313 e. The van der Waals surface area contributed by atoms with Gasteiger partial charge in [0, 0.05) is 37.2 Å². The van der Waals surface area contributed by atoms with Crippen LogP contribution in [-0.2, 0) is 23.1 Å². The number of rotatable bonds is 7. The number of anilines is 1. The molecule has 2 N–H and O–H groups in total. The van der Waals surface area contributed by atoms with E-state index in [1.165, 1.54) is 12.3 Å². The Morgan fingerprint density at radius 3 is 2.50 bits per heavy atom. The molecule has 0 aliphatic carbocycles. The van der Waals surface area contributed by atoms with Gasteiger partial charge < -0.3 is 19.9 Å². The third kappa shape index (κ3) is 5.11. The molecule has 2 aromatic carbocycles. The Hall–Kier alpha value is -3.94. The van der Waals surface area contributed by atoms with E-state index >= 15 is 0 Å². The monoisotopic (exact) mass is 406 g/mol. The van der Waals surface area contributed by atoms with E-state index in [0.717, 1.165) is 11.3 Å². The SMILES string of the molecule is COc1ccc(CCNC(=O)C(=O)Nc2cccc(C(=O)c3nccn3C)c2)cc1. The van der Waals surface area contributed by atoms with Gasteiger partial charge in [-0.2, -0.15) is 0 Å². The first kappa shape index (κ1) is 20.8. The van der Waals surface area contributed by atoms with Crippen molar-refractivity contribution in [3.05, 3.63) is 77.9 Å². The Kier molecular flexibility index (Phi) is 6.59. The Balaban J connectivity index is 1.54. The molecule has 8 heteroatoms. The number of hydrogen-bond donors (Lipinski definition) is 2. The molecule has 0 fully saturated rings. The van der Waals surface area contributed by atoms with E-state index in [1.807, 2.05) is 24.3 Å². The number of amides is 2. The topological polar surface area (TPSA) is 102 Å². The maximum absolute atomic E-state index is 12.5. The highest BCUT2D eigenvalue weighted by molar-refractivity contribution is 6.39. The largest absolute Gasteiger partial charge is 0.497 e. The summed E-state index contributed by atoms with van der Waals surface area (Å²) in [5.74, 6) is -0.779. The van der Waals surface area contributed by atoms with Gasteiger partial charge in [0.2, 0.25) is 5.78 Å². The van der Waals surface area contributed by atoms with Crippen molar-refractivity contribution in [1.29, 1.82) is 0 Å². The van der Waals surface area contributed by atoms with Crippen LogP contribution in [0.4, 0.5) is 5.69 Å². The van der Waals surface area contributed by atoms with Gasteiger partial charge >= 0.3 is 11.8 Å². The predicted molar refractivity (Wildman–Crippen MR) is 111 cm³/mol. The van der Waals surface area contributed by atoms with Crippen molar-refractivity contribution in [1.82, 2.24) is 14.9 Å². The standard InChI is InChI=1S/C22H22N4O4/c1-26-13-12-23-20(26)19(27)16-4-3-5-17(14-16)25-22(29)21(28)24-11-10-15-6-8-18(30-2)9-7-15/h3-9,12-14H,10-11H2,1-2H3,(H,24,28)(H,25,29). The number of ketones is 1. The summed E-state index contributed by atoms with van der Waals surface area (Å²) in [6, 6.07) is 13.8. The van der Waals surface area contributed by atoms with Crippen molar-refractivity contribution < 1.29 is 19.1 Å². The van der Waals surface area contributed by atoms with Crippen LogP contribution in [0.1, 0.15) is 21.7 Å². The molecule has 0 unspecified atom stereocenters. The molecule has 0 saturated carbocycles. The minimum Gasteiger partial charge on any atom is -0.497 e. The average Bonchev–Trinajstić information content (AvgIpc) is 3.19. The zero-order chi connectivity index (χ0) is 21.5. The summed E-state index contributed by atoms with van der Waals surface area (Å²) in [4.78, 5) is 40.8. The molecule has 1 heterocycles. The number of imidazole rings is 1. The molecule has 3 rings (SSSR count). The van der Waals surface area contributed by atoms with Crippen LogP contribution >= 0.6 is 0 Å². The average molecular weight is 406 g/mol. The first-order valence-corrected chi connectivity index (χ1v) is 9.32. The number of benzene rings is 2. The number of aromatic nitrogens is 2. The molecular formula is C22H22N4O4. The molecule has 30 heavy (non-hydrogen) atoms. The number of hydrogen-bond acceptors (Lipinski definition) is 5. The minimum atomic E-state index is -0.800. The highest BCUT2D eigenvalue weighted by Gasteiger charge is 2.16. The summed E-state index contributed by atoms with van der Waals surface area (Å²) in [6.07, 6.45) is 3.79. The predicted octanol–water partition coefficient (Wildman–Crippen LogP) is 1.96. The van der Waals surface area contributed by atoms with Gasteiger partial charge in [0.25, 0.3) is 0 Å². The van der Waals surface area contributed by atoms with Gasteiger partial charge in [-0.25, -0.2) is 4.98 Å². The molecular weight excluding hydrogens is 384 g/mol. The number of ether oxygens (including phenoxy) is 1. The van der Waals surface area contributed by atoms with Crippen LogP contribution in [-0.4, -0.2) is 40.8 Å². The molecule has 0 aliphatic rings. The van der Waals surface area contributed by atoms with Crippen LogP contribution in [0.15, 0.2) is 60.9 Å². The van der Waals surface area contributed by atoms with Gasteiger partial charge in [-0.3, -0.25) is 14.4 Å². The lowest BCUT2D eigenvalue weighted by Crippen LogP contribution is -2.36. The highest BCUT2D eigenvalue weighted by Crippen LogP contribution is 2.14. The fraction of sp³-hybridized carbons (Fsp3) is 0.182. The Labute approximate surface area is 173 Å². The van der Waals surface area contributed by atoms with E-state index in [9.17, 15) is 14.4 Å². The van der Waals surface area contributed by atoms with Crippen LogP contribution in [0.2, 0.25) is 0 Å². The van der Waals surface area contributed by atoms with Crippen molar-refractivity contribution >= 4 is 23.3 Å². The summed E-state index contributed by atoms with van der Waals surface area (Å²) in [6.45, 7) is 0.316. The second kappa shape index (κ2) is 9.51. The molecule has 8 nitrogen and oxygen atoms in total. The number of methoxy groups -OCH3 is 1. The summed E-state index contributed by atoms with van der Waals surface area (Å²) in [7, 11) is 3.32. The molecule has 154 valence electrons. The summed E-state index contributed by atoms with van der Waals surface area (Å²) in [5.41, 5.74) is 1.73. The molecule has 0 radical (unpaired) electrons. The molecule has 0 saturated heterocycles. The van der Waals surface area contributed by atoms with Crippen LogP contribution in [0, 0.1) is 0 Å². The van der Waals surface area contributed by atoms with Crippen LogP contribution in [0.25, 0.3) is 0 Å². The van der Waals surface area contributed by atoms with Crippen molar-refractivity contribution in [2.24, 2.45) is 7.05 Å². The number of nitrogens with zero attached hydrogens (tertiary/aromatic N) is 2. The number of carbonyl (C=O) groups excluding carboxylic acids is 3. The third-order valence-electron chi connectivity index (χ3n) is 4.47. The zero-order valence-electron chi connectivity index (χ0n) is 16.7. The lowest BCUT2D eigenvalue weighted by Gasteiger charge is -2.08. The third-order valence-corrected chi connectivity index (χ3v) is 4.47. The minimum absolute atomic E-state index is 0.275. The van der Waals surface area contributed by atoms with E-state index in [0.29, 0.717) is 24.2 Å². The summed E-state index contributed by atoms with van der Waals surface area (Å²) in [5, 5.41) is 5.10. The lowest BCUT2D eigenvalue weighted by molar-refractivity contribution is -0.136. The molecule has 0 spiro atoms. The van der Waals surface area contributed by atoms with Gasteiger partial charge in [-0.15, -0.1) is 0 Å². The van der Waals surface area contributed by atoms with Gasteiger partial charge in [-0.05, 0) is 36.2 Å². The van der Waals surface area contributed by atoms with Crippen LogP contribution in [0.3, 0.4) is 0 Å². The van der Waals surface area contributed by atoms with Gasteiger partial charge in [-0.1, -0.05) is 24.3 Å². The first-order valence-electron chi connectivity index (χ1n) is 9.32. The molecule has 3 aromatic rings. The summed E-state index contributed by atoms with van der Waals surface area (Å²) >= 11 is 0. The lowest BCUT2D eigenvalue weighted by atomic mass is 10.1. The highest BCUT2D eigenvalue weighted by atomic mass is 16.5. The molecule has 0 aliphatic heterocycles. The summed E-state index contributed by atoms with van der Waals surface area (Å²) < 4.78 is 6.72. The first-order chi connectivity index (χ1) is 14.5. The van der Waals surface area contributed by atoms with Gasteiger partial charge in [0.05, 0.1) is 7.11 Å². The Bertz CT molecular complexity index is 1060. The zero-order valence-corrected chi connectivity index (χ0v) is 16.7. The number of nitrogens with one attached hydrogen (secondary N) is 2. The van der Waals surface area contributed by atoms with Crippen molar-refractivity contribution in [2.45, 2.75) is 6.42 Å². The Morgan fingerprint density at radius 1 is 1.07 bits per heavy atom. The normalized spacial score (nSPS) is 10.3. The fourth-order valence-corrected chi connectivity index (χ4v) is 2.83. The van der Waals surface area contributed by atoms with Gasteiger partial charge in [0.15, 0.2) is 5.82 Å². The van der Waals surface area contributed by atoms with Crippen molar-refractivity contribution in [3.63, 3.8) is 0 Å². The van der Waals surface area contributed by atoms with E-state index in [2.05, 4.69) is 15.6 Å². The van der Waals surface area contributed by atoms with E-state index in [1.54, 1.807) is 43.1 Å². The van der Waals surface area contributed by atoms with Crippen molar-refractivity contribution in [3.8, 4) is 5.75 Å². The molecule has 0 bridgehead atoms. The van der Waals surface area contributed by atoms with E-state index in [4.69, 9.17) is 4.74 Å². The molecule has 0 atom stereocenters. The van der Waals surface area contributed by atoms with Crippen LogP contribution < -0.4 is 15.4 Å². The van der Waals surface area contributed by atoms with Gasteiger partial charge in [0.1, 0.15) is 5.75 Å². The van der Waals surface area contributed by atoms with E-state index < -0.39 is 11.8 Å².